The molecule has 0 heterocycles. The summed E-state index contributed by atoms with van der Waals surface area (Å²) in [6.45, 7) is 6.09. The van der Waals surface area contributed by atoms with E-state index in [1.54, 1.807) is 0 Å². The fourth-order valence-corrected chi connectivity index (χ4v) is 1.53. The molecule has 0 aliphatic rings. The van der Waals surface area contributed by atoms with Crippen LogP contribution in [0.5, 0.6) is 0 Å². The third-order valence-electron chi connectivity index (χ3n) is 1.85. The number of hydrogen-bond acceptors (Lipinski definition) is 0. The van der Waals surface area contributed by atoms with Crippen molar-refractivity contribution in [2.24, 2.45) is 0 Å². The van der Waals surface area contributed by atoms with Gasteiger partial charge in [-0.1, -0.05) is 32.4 Å². The highest BCUT2D eigenvalue weighted by atomic mass is 79.9. The van der Waals surface area contributed by atoms with Crippen molar-refractivity contribution in [3.05, 3.63) is 33.0 Å². The van der Waals surface area contributed by atoms with E-state index in [0.29, 0.717) is 4.47 Å². The van der Waals surface area contributed by atoms with Crippen molar-refractivity contribution in [2.75, 3.05) is 0 Å². The lowest BCUT2D eigenvalue weighted by molar-refractivity contribution is 0.571. The van der Waals surface area contributed by atoms with Crippen molar-refractivity contribution >= 4 is 27.5 Å². The summed E-state index contributed by atoms with van der Waals surface area (Å²) in [5.74, 6) is -0.374. The lowest BCUT2D eigenvalue weighted by Gasteiger charge is -2.19. The average molecular weight is 266 g/mol. The van der Waals surface area contributed by atoms with Crippen LogP contribution >= 0.6 is 27.5 Å². The minimum atomic E-state index is -0.374. The summed E-state index contributed by atoms with van der Waals surface area (Å²) < 4.78 is 13.8. The first-order chi connectivity index (χ1) is 5.82. The molecule has 0 bridgehead atoms. The summed E-state index contributed by atoms with van der Waals surface area (Å²) in [4.78, 5) is 0. The molecule has 0 N–H and O–H groups in total. The Balaban J connectivity index is 3.29. The number of rotatable bonds is 0. The molecule has 0 aliphatic carbocycles. The van der Waals surface area contributed by atoms with Crippen molar-refractivity contribution in [1.82, 2.24) is 0 Å². The van der Waals surface area contributed by atoms with Gasteiger partial charge in [0.1, 0.15) is 5.82 Å². The second-order valence-electron chi connectivity index (χ2n) is 4.00. The van der Waals surface area contributed by atoms with Gasteiger partial charge in [0.2, 0.25) is 0 Å². The highest BCUT2D eigenvalue weighted by molar-refractivity contribution is 9.10. The van der Waals surface area contributed by atoms with Gasteiger partial charge in [0, 0.05) is 4.47 Å². The van der Waals surface area contributed by atoms with Gasteiger partial charge < -0.3 is 0 Å². The number of halogens is 3. The Morgan fingerprint density at radius 3 is 2.23 bits per heavy atom. The van der Waals surface area contributed by atoms with Crippen LogP contribution in [0.25, 0.3) is 0 Å². The molecule has 0 nitrogen and oxygen atoms in total. The quantitative estimate of drug-likeness (QED) is 0.604. The normalized spacial score (nSPS) is 11.8. The van der Waals surface area contributed by atoms with Gasteiger partial charge >= 0.3 is 0 Å². The average Bonchev–Trinajstić information content (AvgIpc) is 1.97. The summed E-state index contributed by atoms with van der Waals surface area (Å²) in [5.41, 5.74) is 0.870. The molecular formula is C10H11BrClF. The van der Waals surface area contributed by atoms with Crippen molar-refractivity contribution < 1.29 is 4.39 Å². The van der Waals surface area contributed by atoms with Crippen LogP contribution in [-0.2, 0) is 5.41 Å². The molecule has 0 aromatic heterocycles. The zero-order chi connectivity index (χ0) is 10.2. The highest BCUT2D eigenvalue weighted by Crippen LogP contribution is 2.31. The Kier molecular flexibility index (Phi) is 3.03. The smallest absolute Gasteiger partial charge is 0.143 e. The monoisotopic (exact) mass is 264 g/mol. The molecule has 0 atom stereocenters. The minimum absolute atomic E-state index is 0.0616. The SMILES string of the molecule is CC(C)(C)c1cc(F)c(Cl)c(Br)c1. The first-order valence-corrected chi connectivity index (χ1v) is 5.14. The molecule has 0 spiro atoms. The topological polar surface area (TPSA) is 0 Å². The van der Waals surface area contributed by atoms with Gasteiger partial charge in [-0.25, -0.2) is 4.39 Å². The van der Waals surface area contributed by atoms with Crippen LogP contribution < -0.4 is 0 Å². The van der Waals surface area contributed by atoms with E-state index in [9.17, 15) is 4.39 Å². The van der Waals surface area contributed by atoms with Gasteiger partial charge in [-0.3, -0.25) is 0 Å². The van der Waals surface area contributed by atoms with Crippen molar-refractivity contribution in [3.8, 4) is 0 Å². The van der Waals surface area contributed by atoms with Gasteiger partial charge in [-0.05, 0) is 39.0 Å². The van der Waals surface area contributed by atoms with Crippen molar-refractivity contribution in [2.45, 2.75) is 26.2 Å². The van der Waals surface area contributed by atoms with Crippen LogP contribution in [0, 0.1) is 5.82 Å². The zero-order valence-corrected chi connectivity index (χ0v) is 10.1. The van der Waals surface area contributed by atoms with E-state index in [4.69, 9.17) is 11.6 Å². The van der Waals surface area contributed by atoms with E-state index in [1.807, 2.05) is 26.8 Å². The highest BCUT2D eigenvalue weighted by Gasteiger charge is 2.17. The van der Waals surface area contributed by atoms with E-state index in [0.717, 1.165) is 5.56 Å². The van der Waals surface area contributed by atoms with Gasteiger partial charge in [0.15, 0.2) is 0 Å². The molecule has 0 fully saturated rings. The predicted octanol–water partition coefficient (Wildman–Crippen LogP) is 4.54. The summed E-state index contributed by atoms with van der Waals surface area (Å²) in [7, 11) is 0. The van der Waals surface area contributed by atoms with E-state index in [1.165, 1.54) is 6.07 Å². The molecule has 0 amide bonds. The van der Waals surface area contributed by atoms with Crippen LogP contribution in [0.15, 0.2) is 16.6 Å². The summed E-state index contributed by atoms with van der Waals surface area (Å²) in [6, 6.07) is 3.33. The maximum atomic E-state index is 13.2. The van der Waals surface area contributed by atoms with Gasteiger partial charge in [0.25, 0.3) is 0 Å². The van der Waals surface area contributed by atoms with Crippen LogP contribution in [0.2, 0.25) is 5.02 Å². The van der Waals surface area contributed by atoms with E-state index >= 15 is 0 Å². The van der Waals surface area contributed by atoms with Crippen LogP contribution in [0.3, 0.4) is 0 Å². The Labute approximate surface area is 91.2 Å². The van der Waals surface area contributed by atoms with Crippen LogP contribution in [0.4, 0.5) is 4.39 Å². The molecule has 1 rings (SSSR count). The Bertz CT molecular complexity index is 305. The second kappa shape index (κ2) is 3.58. The standard InChI is InChI=1S/C10H11BrClF/c1-10(2,3)6-4-7(11)9(12)8(13)5-6/h4-5H,1-3H3. The predicted molar refractivity (Wildman–Crippen MR) is 57.8 cm³/mol. The van der Waals surface area contributed by atoms with E-state index in [2.05, 4.69) is 15.9 Å². The summed E-state index contributed by atoms with van der Waals surface area (Å²) >= 11 is 8.90. The van der Waals surface area contributed by atoms with Gasteiger partial charge in [-0.15, -0.1) is 0 Å². The fraction of sp³-hybridized carbons (Fsp3) is 0.400. The second-order valence-corrected chi connectivity index (χ2v) is 5.24. The number of hydrogen-bond donors (Lipinski definition) is 0. The lowest BCUT2D eigenvalue weighted by atomic mass is 9.87. The Hall–Kier alpha value is -0.0800. The molecule has 13 heavy (non-hydrogen) atoms. The molecule has 0 aliphatic heterocycles. The Morgan fingerprint density at radius 2 is 1.85 bits per heavy atom. The van der Waals surface area contributed by atoms with Crippen LogP contribution in [0.1, 0.15) is 26.3 Å². The largest absolute Gasteiger partial charge is 0.205 e. The van der Waals surface area contributed by atoms with Gasteiger partial charge in [-0.2, -0.15) is 0 Å². The lowest BCUT2D eigenvalue weighted by Crippen LogP contribution is -2.11. The molecule has 0 saturated carbocycles. The number of benzene rings is 1. The third-order valence-corrected chi connectivity index (χ3v) is 3.09. The zero-order valence-electron chi connectivity index (χ0n) is 7.79. The third kappa shape index (κ3) is 2.44. The molecule has 0 radical (unpaired) electrons. The Morgan fingerprint density at radius 1 is 1.31 bits per heavy atom. The molecule has 1 aromatic carbocycles. The molecule has 1 aromatic rings. The molecule has 3 heteroatoms. The van der Waals surface area contributed by atoms with Gasteiger partial charge in [0.05, 0.1) is 5.02 Å². The first-order valence-electron chi connectivity index (χ1n) is 3.97. The molecular weight excluding hydrogens is 254 g/mol. The van der Waals surface area contributed by atoms with Crippen LogP contribution in [-0.4, -0.2) is 0 Å². The minimum Gasteiger partial charge on any atom is -0.205 e. The maximum Gasteiger partial charge on any atom is 0.143 e. The van der Waals surface area contributed by atoms with Crippen molar-refractivity contribution in [3.63, 3.8) is 0 Å². The molecule has 0 saturated heterocycles. The molecule has 72 valence electrons. The summed E-state index contributed by atoms with van der Waals surface area (Å²) in [6.07, 6.45) is 0. The van der Waals surface area contributed by atoms with E-state index in [-0.39, 0.29) is 16.3 Å². The summed E-state index contributed by atoms with van der Waals surface area (Å²) in [5, 5.41) is 0.146. The molecule has 0 unspecified atom stereocenters. The van der Waals surface area contributed by atoms with E-state index < -0.39 is 0 Å². The fourth-order valence-electron chi connectivity index (χ4n) is 0.989. The van der Waals surface area contributed by atoms with Crippen molar-refractivity contribution in [1.29, 1.82) is 0 Å². The maximum absolute atomic E-state index is 13.2. The first kappa shape index (κ1) is 11.0.